The molecule has 4 rings (SSSR count). The molecule has 2 heteroatoms. The van der Waals surface area contributed by atoms with Crippen LogP contribution in [0.25, 0.3) is 12.2 Å². The zero-order valence-corrected chi connectivity index (χ0v) is 12.9. The second-order valence-corrected chi connectivity index (χ2v) is 5.60. The molecule has 0 fully saturated rings. The largest absolute Gasteiger partial charge is 0.453 e. The van der Waals surface area contributed by atoms with Crippen LogP contribution in [0.15, 0.2) is 72.8 Å². The SMILES string of the molecule is CN1c2ccccc2Oc2cc(/C=C/c3ccccc3)ccc21. The van der Waals surface area contributed by atoms with Gasteiger partial charge in [0, 0.05) is 7.05 Å². The maximum absolute atomic E-state index is 6.06. The van der Waals surface area contributed by atoms with Gasteiger partial charge in [-0.05, 0) is 35.4 Å². The van der Waals surface area contributed by atoms with Gasteiger partial charge in [0.2, 0.25) is 0 Å². The van der Waals surface area contributed by atoms with Crippen LogP contribution in [0.5, 0.6) is 11.5 Å². The predicted octanol–water partition coefficient (Wildman–Crippen LogP) is 5.73. The van der Waals surface area contributed by atoms with E-state index in [4.69, 9.17) is 4.74 Å². The van der Waals surface area contributed by atoms with Gasteiger partial charge in [0.25, 0.3) is 0 Å². The zero-order valence-electron chi connectivity index (χ0n) is 12.9. The van der Waals surface area contributed by atoms with Crippen molar-refractivity contribution in [3.05, 3.63) is 83.9 Å². The minimum Gasteiger partial charge on any atom is -0.453 e. The lowest BCUT2D eigenvalue weighted by Crippen LogP contribution is -2.15. The van der Waals surface area contributed by atoms with Crippen molar-refractivity contribution in [2.24, 2.45) is 0 Å². The van der Waals surface area contributed by atoms with Crippen LogP contribution < -0.4 is 9.64 Å². The molecular weight excluding hydrogens is 282 g/mol. The Morgan fingerprint density at radius 3 is 2.26 bits per heavy atom. The average molecular weight is 299 g/mol. The third kappa shape index (κ3) is 2.59. The molecule has 0 amide bonds. The number of ether oxygens (including phenoxy) is 1. The van der Waals surface area contributed by atoms with Crippen molar-refractivity contribution in [3.8, 4) is 11.5 Å². The topological polar surface area (TPSA) is 12.5 Å². The number of fused-ring (bicyclic) bond motifs is 2. The molecule has 1 aliphatic heterocycles. The Labute approximate surface area is 136 Å². The summed E-state index contributed by atoms with van der Waals surface area (Å²) in [5, 5.41) is 0. The van der Waals surface area contributed by atoms with E-state index in [-0.39, 0.29) is 0 Å². The van der Waals surface area contributed by atoms with E-state index in [2.05, 4.69) is 60.5 Å². The second kappa shape index (κ2) is 5.65. The van der Waals surface area contributed by atoms with Crippen LogP contribution in [0.4, 0.5) is 11.4 Å². The molecule has 0 saturated carbocycles. The van der Waals surface area contributed by atoms with Gasteiger partial charge in [-0.1, -0.05) is 60.7 Å². The lowest BCUT2D eigenvalue weighted by Gasteiger charge is -2.29. The van der Waals surface area contributed by atoms with Crippen LogP contribution in [0, 0.1) is 0 Å². The monoisotopic (exact) mass is 299 g/mol. The van der Waals surface area contributed by atoms with E-state index in [0.717, 1.165) is 28.4 Å². The first-order chi connectivity index (χ1) is 11.3. The normalized spacial score (nSPS) is 12.7. The third-order valence-corrected chi connectivity index (χ3v) is 4.06. The van der Waals surface area contributed by atoms with Crippen molar-refractivity contribution in [1.82, 2.24) is 0 Å². The minimum atomic E-state index is 0.890. The molecule has 0 unspecified atom stereocenters. The van der Waals surface area contributed by atoms with Crippen LogP contribution in [-0.2, 0) is 0 Å². The molecule has 0 aromatic heterocycles. The molecule has 112 valence electrons. The standard InChI is InChI=1S/C21H17NO/c1-22-18-9-5-6-10-20(18)23-21-15-17(13-14-19(21)22)12-11-16-7-3-2-4-8-16/h2-15H,1H3/b12-11+. The molecule has 0 spiro atoms. The Hall–Kier alpha value is -3.00. The molecule has 3 aromatic carbocycles. The minimum absolute atomic E-state index is 0.890. The number of benzene rings is 3. The fourth-order valence-electron chi connectivity index (χ4n) is 2.82. The molecule has 0 bridgehead atoms. The molecule has 0 atom stereocenters. The predicted molar refractivity (Wildman–Crippen MR) is 96.4 cm³/mol. The van der Waals surface area contributed by atoms with E-state index in [0.29, 0.717) is 0 Å². The Morgan fingerprint density at radius 2 is 1.39 bits per heavy atom. The Kier molecular flexibility index (Phi) is 3.35. The van der Waals surface area contributed by atoms with Gasteiger partial charge < -0.3 is 9.64 Å². The van der Waals surface area contributed by atoms with Crippen molar-refractivity contribution in [2.45, 2.75) is 0 Å². The number of hydrogen-bond donors (Lipinski definition) is 0. The Bertz CT molecular complexity index is 868. The number of para-hydroxylation sites is 2. The fourth-order valence-corrected chi connectivity index (χ4v) is 2.82. The van der Waals surface area contributed by atoms with Crippen molar-refractivity contribution >= 4 is 23.5 Å². The van der Waals surface area contributed by atoms with Crippen LogP contribution in [-0.4, -0.2) is 7.05 Å². The lowest BCUT2D eigenvalue weighted by molar-refractivity contribution is 0.475. The number of rotatable bonds is 2. The van der Waals surface area contributed by atoms with E-state index in [9.17, 15) is 0 Å². The van der Waals surface area contributed by atoms with Gasteiger partial charge >= 0.3 is 0 Å². The highest BCUT2D eigenvalue weighted by Crippen LogP contribution is 2.45. The first-order valence-corrected chi connectivity index (χ1v) is 7.69. The van der Waals surface area contributed by atoms with Crippen LogP contribution in [0.1, 0.15) is 11.1 Å². The summed E-state index contributed by atoms with van der Waals surface area (Å²) in [7, 11) is 2.07. The number of hydrogen-bond acceptors (Lipinski definition) is 2. The summed E-state index contributed by atoms with van der Waals surface area (Å²) in [5.41, 5.74) is 4.49. The zero-order chi connectivity index (χ0) is 15.6. The van der Waals surface area contributed by atoms with Crippen LogP contribution in [0.3, 0.4) is 0 Å². The molecule has 1 heterocycles. The summed E-state index contributed by atoms with van der Waals surface area (Å²) >= 11 is 0. The summed E-state index contributed by atoms with van der Waals surface area (Å²) in [6, 6.07) is 24.7. The van der Waals surface area contributed by atoms with Crippen molar-refractivity contribution in [2.75, 3.05) is 11.9 Å². The van der Waals surface area contributed by atoms with Crippen LogP contribution in [0.2, 0.25) is 0 Å². The molecule has 23 heavy (non-hydrogen) atoms. The first-order valence-electron chi connectivity index (χ1n) is 7.69. The summed E-state index contributed by atoms with van der Waals surface area (Å²) < 4.78 is 6.06. The highest BCUT2D eigenvalue weighted by molar-refractivity contribution is 5.80. The Morgan fingerprint density at radius 1 is 0.696 bits per heavy atom. The third-order valence-electron chi connectivity index (χ3n) is 4.06. The van der Waals surface area contributed by atoms with Gasteiger partial charge in [-0.15, -0.1) is 0 Å². The van der Waals surface area contributed by atoms with E-state index >= 15 is 0 Å². The van der Waals surface area contributed by atoms with Gasteiger partial charge in [-0.2, -0.15) is 0 Å². The molecule has 0 N–H and O–H groups in total. The summed E-state index contributed by atoms with van der Waals surface area (Å²) in [6.45, 7) is 0. The van der Waals surface area contributed by atoms with Crippen molar-refractivity contribution in [3.63, 3.8) is 0 Å². The van der Waals surface area contributed by atoms with Gasteiger partial charge in [0.05, 0.1) is 11.4 Å². The second-order valence-electron chi connectivity index (χ2n) is 5.60. The summed E-state index contributed by atoms with van der Waals surface area (Å²) in [6.07, 6.45) is 4.22. The average Bonchev–Trinajstić information content (AvgIpc) is 2.61. The highest BCUT2D eigenvalue weighted by Gasteiger charge is 2.20. The van der Waals surface area contributed by atoms with Crippen LogP contribution >= 0.6 is 0 Å². The molecule has 0 radical (unpaired) electrons. The van der Waals surface area contributed by atoms with Crippen molar-refractivity contribution < 1.29 is 4.74 Å². The van der Waals surface area contributed by atoms with E-state index in [1.165, 1.54) is 5.56 Å². The molecule has 0 aliphatic carbocycles. The quantitative estimate of drug-likeness (QED) is 0.560. The lowest BCUT2D eigenvalue weighted by atomic mass is 10.1. The smallest absolute Gasteiger partial charge is 0.151 e. The Balaban J connectivity index is 1.66. The fraction of sp³-hybridized carbons (Fsp3) is 0.0476. The molecule has 3 aromatic rings. The van der Waals surface area contributed by atoms with E-state index < -0.39 is 0 Å². The first kappa shape index (κ1) is 13.6. The number of nitrogens with zero attached hydrogens (tertiary/aromatic N) is 1. The van der Waals surface area contributed by atoms with Gasteiger partial charge in [0.15, 0.2) is 11.5 Å². The molecular formula is C21H17NO. The van der Waals surface area contributed by atoms with Gasteiger partial charge in [0.1, 0.15) is 0 Å². The van der Waals surface area contributed by atoms with E-state index in [1.54, 1.807) is 0 Å². The van der Waals surface area contributed by atoms with Gasteiger partial charge in [-0.3, -0.25) is 0 Å². The molecule has 1 aliphatic rings. The maximum atomic E-state index is 6.06. The molecule has 2 nitrogen and oxygen atoms in total. The summed E-state index contributed by atoms with van der Waals surface area (Å²) in [5.74, 6) is 1.79. The maximum Gasteiger partial charge on any atom is 0.151 e. The molecule has 0 saturated heterocycles. The van der Waals surface area contributed by atoms with E-state index in [1.807, 2.05) is 36.4 Å². The van der Waals surface area contributed by atoms with Crippen molar-refractivity contribution in [1.29, 1.82) is 0 Å². The summed E-state index contributed by atoms with van der Waals surface area (Å²) in [4.78, 5) is 2.17. The number of anilines is 2. The van der Waals surface area contributed by atoms with Gasteiger partial charge in [-0.25, -0.2) is 0 Å². The highest BCUT2D eigenvalue weighted by atomic mass is 16.5.